The molecule has 2 aliphatic heterocycles. The molecule has 2 amide bonds. The van der Waals surface area contributed by atoms with Crippen LogP contribution in [-0.2, 0) is 16.1 Å². The van der Waals surface area contributed by atoms with Gasteiger partial charge in [-0.2, -0.15) is 0 Å². The predicted octanol–water partition coefficient (Wildman–Crippen LogP) is 3.98. The molecule has 160 valence electrons. The number of imide groups is 1. The van der Waals surface area contributed by atoms with Crippen LogP contribution in [-0.4, -0.2) is 47.3 Å². The van der Waals surface area contributed by atoms with Crippen LogP contribution in [0.15, 0.2) is 47.4 Å². The van der Waals surface area contributed by atoms with E-state index >= 15 is 0 Å². The smallest absolute Gasteiger partial charge is 0.293 e. The molecular weight excluding hydrogens is 418 g/mol. The maximum atomic E-state index is 12.8. The van der Waals surface area contributed by atoms with Crippen molar-refractivity contribution in [2.75, 3.05) is 31.2 Å². The zero-order chi connectivity index (χ0) is 22.0. The van der Waals surface area contributed by atoms with Gasteiger partial charge in [0.05, 0.1) is 29.6 Å². The van der Waals surface area contributed by atoms with E-state index in [4.69, 9.17) is 4.74 Å². The number of morpholine rings is 1. The van der Waals surface area contributed by atoms with Crippen molar-refractivity contribution in [3.63, 3.8) is 0 Å². The molecule has 0 saturated carbocycles. The lowest BCUT2D eigenvalue weighted by atomic mass is 10.1. The van der Waals surface area contributed by atoms with E-state index in [1.165, 1.54) is 12.1 Å². The van der Waals surface area contributed by atoms with Crippen molar-refractivity contribution >= 4 is 40.4 Å². The molecule has 2 heterocycles. The summed E-state index contributed by atoms with van der Waals surface area (Å²) in [5, 5.41) is 10.6. The van der Waals surface area contributed by atoms with Crippen LogP contribution in [0.2, 0.25) is 0 Å². The highest BCUT2D eigenvalue weighted by molar-refractivity contribution is 8.18. The van der Waals surface area contributed by atoms with Crippen LogP contribution in [0.1, 0.15) is 16.7 Å². The molecule has 2 saturated heterocycles. The van der Waals surface area contributed by atoms with Gasteiger partial charge in [0.25, 0.3) is 16.8 Å². The van der Waals surface area contributed by atoms with Gasteiger partial charge in [0.1, 0.15) is 0 Å². The highest BCUT2D eigenvalue weighted by Crippen LogP contribution is 2.34. The summed E-state index contributed by atoms with van der Waals surface area (Å²) in [4.78, 5) is 39.4. The van der Waals surface area contributed by atoms with Gasteiger partial charge in [0.15, 0.2) is 0 Å². The zero-order valence-corrected chi connectivity index (χ0v) is 17.8. The van der Waals surface area contributed by atoms with Crippen molar-refractivity contribution in [3.05, 3.63) is 74.2 Å². The van der Waals surface area contributed by atoms with E-state index in [2.05, 4.69) is 11.0 Å². The molecule has 0 N–H and O–H groups in total. The Kier molecular flexibility index (Phi) is 6.06. The van der Waals surface area contributed by atoms with Gasteiger partial charge in [-0.05, 0) is 53.6 Å². The van der Waals surface area contributed by atoms with Crippen molar-refractivity contribution in [2.24, 2.45) is 0 Å². The molecule has 2 aromatic carbocycles. The number of hydrogen-bond donors (Lipinski definition) is 0. The number of carbonyl (C=O) groups excluding carboxylic acids is 2. The number of nitrogens with zero attached hydrogens (tertiary/aromatic N) is 3. The van der Waals surface area contributed by atoms with Gasteiger partial charge in [0.2, 0.25) is 0 Å². The summed E-state index contributed by atoms with van der Waals surface area (Å²) in [7, 11) is 0. The summed E-state index contributed by atoms with van der Waals surface area (Å²) in [6.45, 7) is 5.07. The minimum atomic E-state index is -0.499. The number of non-ortho nitro benzene ring substituents is 1. The fourth-order valence-corrected chi connectivity index (χ4v) is 4.40. The normalized spacial score (nSPS) is 18.2. The van der Waals surface area contributed by atoms with Crippen LogP contribution in [0.4, 0.5) is 16.2 Å². The molecule has 9 heteroatoms. The second-order valence-corrected chi connectivity index (χ2v) is 8.33. The van der Waals surface area contributed by atoms with Crippen molar-refractivity contribution in [1.29, 1.82) is 0 Å². The minimum absolute atomic E-state index is 0.00135. The largest absolute Gasteiger partial charge is 0.378 e. The first-order valence-electron chi connectivity index (χ1n) is 9.84. The third-order valence-electron chi connectivity index (χ3n) is 5.25. The number of thioether (sulfide) groups is 1. The van der Waals surface area contributed by atoms with Crippen LogP contribution < -0.4 is 4.90 Å². The second kappa shape index (κ2) is 8.91. The molecule has 0 bridgehead atoms. The maximum Gasteiger partial charge on any atom is 0.293 e. The molecule has 8 nitrogen and oxygen atoms in total. The molecule has 0 unspecified atom stereocenters. The molecule has 2 fully saturated rings. The number of hydrogen-bond acceptors (Lipinski definition) is 7. The zero-order valence-electron chi connectivity index (χ0n) is 16.9. The van der Waals surface area contributed by atoms with E-state index in [0.717, 1.165) is 46.6 Å². The summed E-state index contributed by atoms with van der Waals surface area (Å²) in [6.07, 6.45) is 1.73. The Morgan fingerprint density at radius 2 is 1.94 bits per heavy atom. The standard InChI is InChI=1S/C22H21N3O5S/c1-15-11-18(23-7-9-30-10-8-23)6-5-17(15)13-20-21(26)24(22(27)31-20)14-16-3-2-4-19(12-16)25(28)29/h2-6,11-13H,7-10,14H2,1H3/b20-13-. The average molecular weight is 439 g/mol. The lowest BCUT2D eigenvalue weighted by molar-refractivity contribution is -0.384. The highest BCUT2D eigenvalue weighted by atomic mass is 32.2. The van der Waals surface area contributed by atoms with Gasteiger partial charge < -0.3 is 9.64 Å². The highest BCUT2D eigenvalue weighted by Gasteiger charge is 2.35. The monoisotopic (exact) mass is 439 g/mol. The van der Waals surface area contributed by atoms with Gasteiger partial charge in [-0.25, -0.2) is 0 Å². The van der Waals surface area contributed by atoms with Crippen LogP contribution in [0, 0.1) is 17.0 Å². The number of nitro groups is 1. The summed E-state index contributed by atoms with van der Waals surface area (Å²) in [5.41, 5.74) is 3.45. The number of amides is 2. The first-order valence-corrected chi connectivity index (χ1v) is 10.7. The molecule has 0 aliphatic carbocycles. The van der Waals surface area contributed by atoms with Crippen LogP contribution >= 0.6 is 11.8 Å². The fourth-order valence-electron chi connectivity index (χ4n) is 3.57. The molecule has 31 heavy (non-hydrogen) atoms. The third kappa shape index (κ3) is 4.62. The Labute approximate surface area is 183 Å². The number of benzene rings is 2. The summed E-state index contributed by atoms with van der Waals surface area (Å²) in [5.74, 6) is -0.391. The number of aryl methyl sites for hydroxylation is 1. The molecule has 0 aromatic heterocycles. The van der Waals surface area contributed by atoms with E-state index in [9.17, 15) is 19.7 Å². The van der Waals surface area contributed by atoms with Crippen LogP contribution in [0.5, 0.6) is 0 Å². The van der Waals surface area contributed by atoms with E-state index in [-0.39, 0.29) is 17.5 Å². The van der Waals surface area contributed by atoms with Gasteiger partial charge in [-0.15, -0.1) is 0 Å². The summed E-state index contributed by atoms with van der Waals surface area (Å²) >= 11 is 0.885. The lowest BCUT2D eigenvalue weighted by Gasteiger charge is -2.29. The lowest BCUT2D eigenvalue weighted by Crippen LogP contribution is -2.36. The topological polar surface area (TPSA) is 93.0 Å². The van der Waals surface area contributed by atoms with Gasteiger partial charge in [0, 0.05) is 30.9 Å². The van der Waals surface area contributed by atoms with E-state index in [1.54, 1.807) is 18.2 Å². The van der Waals surface area contributed by atoms with Crippen molar-refractivity contribution < 1.29 is 19.2 Å². The molecular formula is C22H21N3O5S. The Hall–Kier alpha value is -3.17. The van der Waals surface area contributed by atoms with Crippen molar-refractivity contribution in [3.8, 4) is 0 Å². The summed E-state index contributed by atoms with van der Waals surface area (Å²) < 4.78 is 5.40. The van der Waals surface area contributed by atoms with E-state index < -0.39 is 10.8 Å². The Morgan fingerprint density at radius 3 is 2.65 bits per heavy atom. The molecule has 0 radical (unpaired) electrons. The van der Waals surface area contributed by atoms with Gasteiger partial charge in [-0.3, -0.25) is 24.6 Å². The Bertz CT molecular complexity index is 1080. The van der Waals surface area contributed by atoms with E-state index in [0.29, 0.717) is 23.7 Å². The summed E-state index contributed by atoms with van der Waals surface area (Å²) in [6, 6.07) is 12.0. The van der Waals surface area contributed by atoms with Crippen LogP contribution in [0.3, 0.4) is 0 Å². The van der Waals surface area contributed by atoms with Gasteiger partial charge in [-0.1, -0.05) is 18.2 Å². The molecule has 2 aliphatic rings. The number of nitro benzene ring substituents is 1. The second-order valence-electron chi connectivity index (χ2n) is 7.34. The number of anilines is 1. The Morgan fingerprint density at radius 1 is 1.16 bits per heavy atom. The molecule has 0 atom stereocenters. The maximum absolute atomic E-state index is 12.8. The predicted molar refractivity (Wildman–Crippen MR) is 119 cm³/mol. The molecule has 0 spiro atoms. The number of ether oxygens (including phenoxy) is 1. The molecule has 4 rings (SSSR count). The number of rotatable bonds is 5. The molecule has 2 aromatic rings. The van der Waals surface area contributed by atoms with Gasteiger partial charge >= 0.3 is 0 Å². The Balaban J connectivity index is 1.51. The fraction of sp³-hybridized carbons (Fsp3) is 0.273. The van der Waals surface area contributed by atoms with Crippen LogP contribution in [0.25, 0.3) is 6.08 Å². The van der Waals surface area contributed by atoms with E-state index in [1.807, 2.05) is 19.1 Å². The number of carbonyl (C=O) groups is 2. The minimum Gasteiger partial charge on any atom is -0.378 e. The quantitative estimate of drug-likeness (QED) is 0.395. The third-order valence-corrected chi connectivity index (χ3v) is 6.16. The van der Waals surface area contributed by atoms with Crippen molar-refractivity contribution in [1.82, 2.24) is 4.90 Å². The van der Waals surface area contributed by atoms with Crippen molar-refractivity contribution in [2.45, 2.75) is 13.5 Å². The average Bonchev–Trinajstić information content (AvgIpc) is 3.03. The SMILES string of the molecule is Cc1cc(N2CCOCC2)ccc1/C=C1\SC(=O)N(Cc2cccc([N+](=O)[O-])c2)C1=O. The first kappa shape index (κ1) is 21.1. The first-order chi connectivity index (χ1) is 14.9.